The van der Waals surface area contributed by atoms with Gasteiger partial charge >= 0.3 is 5.97 Å². The summed E-state index contributed by atoms with van der Waals surface area (Å²) in [6.07, 6.45) is 1.46. The van der Waals surface area contributed by atoms with Gasteiger partial charge in [0.2, 0.25) is 0 Å². The number of hydrogen-bond acceptors (Lipinski definition) is 3. The molecule has 1 aromatic heterocycles. The Kier molecular flexibility index (Phi) is 4.25. The number of rotatable bonds is 4. The molecule has 20 heavy (non-hydrogen) atoms. The Morgan fingerprint density at radius 2 is 1.95 bits per heavy atom. The number of aromatic carboxylic acids is 1. The lowest BCUT2D eigenvalue weighted by molar-refractivity contribution is 0.0690. The molecule has 0 unspecified atom stereocenters. The van der Waals surface area contributed by atoms with E-state index in [1.165, 1.54) is 12.3 Å². The SMILES string of the molecule is Cc1cc(OCc2ccnc(C(=O)O)c2)cc(C)c1Cl. The number of ether oxygens (including phenoxy) is 1. The molecule has 0 saturated heterocycles. The number of benzene rings is 1. The van der Waals surface area contributed by atoms with E-state index < -0.39 is 5.97 Å². The van der Waals surface area contributed by atoms with Crippen molar-refractivity contribution in [3.63, 3.8) is 0 Å². The van der Waals surface area contributed by atoms with Crippen molar-refractivity contribution >= 4 is 17.6 Å². The second-order valence-corrected chi connectivity index (χ2v) is 4.89. The second kappa shape index (κ2) is 5.92. The number of carbonyl (C=O) groups is 1. The van der Waals surface area contributed by atoms with Crippen molar-refractivity contribution < 1.29 is 14.6 Å². The lowest BCUT2D eigenvalue weighted by atomic mass is 10.1. The van der Waals surface area contributed by atoms with E-state index in [1.54, 1.807) is 6.07 Å². The van der Waals surface area contributed by atoms with Crippen LogP contribution in [0.3, 0.4) is 0 Å². The van der Waals surface area contributed by atoms with E-state index in [0.717, 1.165) is 21.7 Å². The molecule has 1 N–H and O–H groups in total. The molecule has 2 aromatic rings. The van der Waals surface area contributed by atoms with Gasteiger partial charge in [-0.05, 0) is 54.8 Å². The first-order valence-electron chi connectivity index (χ1n) is 6.05. The number of carboxylic acids is 1. The number of pyridine rings is 1. The average molecular weight is 292 g/mol. The van der Waals surface area contributed by atoms with Crippen LogP contribution in [0.15, 0.2) is 30.5 Å². The fraction of sp³-hybridized carbons (Fsp3) is 0.200. The van der Waals surface area contributed by atoms with Gasteiger partial charge in [0.15, 0.2) is 0 Å². The third-order valence-electron chi connectivity index (χ3n) is 2.86. The summed E-state index contributed by atoms with van der Waals surface area (Å²) >= 11 is 6.09. The van der Waals surface area contributed by atoms with Crippen molar-refractivity contribution in [3.05, 3.63) is 57.9 Å². The quantitative estimate of drug-likeness (QED) is 0.934. The molecular formula is C15H14ClNO3. The maximum Gasteiger partial charge on any atom is 0.354 e. The summed E-state index contributed by atoms with van der Waals surface area (Å²) in [6.45, 7) is 4.11. The Morgan fingerprint density at radius 3 is 2.55 bits per heavy atom. The van der Waals surface area contributed by atoms with Crippen LogP contribution >= 0.6 is 11.6 Å². The van der Waals surface area contributed by atoms with Gasteiger partial charge < -0.3 is 9.84 Å². The van der Waals surface area contributed by atoms with E-state index in [0.29, 0.717) is 5.75 Å². The van der Waals surface area contributed by atoms with Gasteiger partial charge in [-0.25, -0.2) is 9.78 Å². The molecule has 104 valence electrons. The van der Waals surface area contributed by atoms with Gasteiger partial charge in [0.1, 0.15) is 18.1 Å². The molecule has 0 aliphatic carbocycles. The summed E-state index contributed by atoms with van der Waals surface area (Å²) in [5.74, 6) is -0.344. The smallest absolute Gasteiger partial charge is 0.354 e. The Morgan fingerprint density at radius 1 is 1.30 bits per heavy atom. The average Bonchev–Trinajstić information content (AvgIpc) is 2.42. The van der Waals surface area contributed by atoms with Crippen LogP contribution in [0.4, 0.5) is 0 Å². The molecule has 5 heteroatoms. The van der Waals surface area contributed by atoms with Crippen molar-refractivity contribution in [2.75, 3.05) is 0 Å². The number of hydrogen-bond donors (Lipinski definition) is 1. The monoisotopic (exact) mass is 291 g/mol. The van der Waals surface area contributed by atoms with Crippen LogP contribution in [0.5, 0.6) is 5.75 Å². The molecule has 0 aliphatic rings. The predicted molar refractivity (Wildman–Crippen MR) is 76.5 cm³/mol. The molecule has 0 bridgehead atoms. The van der Waals surface area contributed by atoms with Crippen LogP contribution < -0.4 is 4.74 Å². The van der Waals surface area contributed by atoms with Gasteiger partial charge in [0.25, 0.3) is 0 Å². The number of aromatic nitrogens is 1. The largest absolute Gasteiger partial charge is 0.489 e. The summed E-state index contributed by atoms with van der Waals surface area (Å²) in [5.41, 5.74) is 2.66. The number of carboxylic acid groups (broad SMARTS) is 1. The van der Waals surface area contributed by atoms with Gasteiger partial charge in [-0.15, -0.1) is 0 Å². The molecule has 4 nitrogen and oxygen atoms in total. The highest BCUT2D eigenvalue weighted by atomic mass is 35.5. The lowest BCUT2D eigenvalue weighted by Crippen LogP contribution is -2.03. The van der Waals surface area contributed by atoms with Gasteiger partial charge in [-0.1, -0.05) is 11.6 Å². The van der Waals surface area contributed by atoms with Gasteiger partial charge in [0, 0.05) is 11.2 Å². The van der Waals surface area contributed by atoms with Crippen LogP contribution in [0, 0.1) is 13.8 Å². The molecule has 0 radical (unpaired) electrons. The normalized spacial score (nSPS) is 10.3. The highest BCUT2D eigenvalue weighted by Crippen LogP contribution is 2.26. The van der Waals surface area contributed by atoms with Gasteiger partial charge in [0.05, 0.1) is 0 Å². The first kappa shape index (κ1) is 14.3. The van der Waals surface area contributed by atoms with Crippen molar-refractivity contribution in [2.45, 2.75) is 20.5 Å². The van der Waals surface area contributed by atoms with E-state index in [-0.39, 0.29) is 12.3 Å². The van der Waals surface area contributed by atoms with E-state index in [4.69, 9.17) is 21.4 Å². The first-order chi connectivity index (χ1) is 9.47. The zero-order valence-corrected chi connectivity index (χ0v) is 11.9. The maximum atomic E-state index is 10.8. The molecule has 0 aliphatic heterocycles. The summed E-state index contributed by atoms with van der Waals surface area (Å²) in [6, 6.07) is 6.93. The Labute approximate surface area is 122 Å². The van der Waals surface area contributed by atoms with E-state index >= 15 is 0 Å². The standard InChI is InChI=1S/C15H14ClNO3/c1-9-5-12(6-10(2)14(9)16)20-8-11-3-4-17-13(7-11)15(18)19/h3-7H,8H2,1-2H3,(H,18,19). The summed E-state index contributed by atoms with van der Waals surface area (Å²) in [7, 11) is 0. The van der Waals surface area contributed by atoms with Crippen molar-refractivity contribution in [3.8, 4) is 5.75 Å². The van der Waals surface area contributed by atoms with Crippen LogP contribution in [0.1, 0.15) is 27.2 Å². The molecule has 0 saturated carbocycles. The molecule has 1 aromatic carbocycles. The van der Waals surface area contributed by atoms with Crippen LogP contribution in [0.2, 0.25) is 5.02 Å². The summed E-state index contributed by atoms with van der Waals surface area (Å²) < 4.78 is 5.66. The number of nitrogens with zero attached hydrogens (tertiary/aromatic N) is 1. The number of halogens is 1. The third kappa shape index (κ3) is 3.27. The molecule has 0 spiro atoms. The summed E-state index contributed by atoms with van der Waals surface area (Å²) in [4.78, 5) is 14.6. The Hall–Kier alpha value is -2.07. The van der Waals surface area contributed by atoms with Gasteiger partial charge in [-0.3, -0.25) is 0 Å². The minimum atomic E-state index is -1.05. The maximum absolute atomic E-state index is 10.8. The zero-order valence-electron chi connectivity index (χ0n) is 11.2. The molecular weight excluding hydrogens is 278 g/mol. The van der Waals surface area contributed by atoms with Crippen molar-refractivity contribution in [2.24, 2.45) is 0 Å². The van der Waals surface area contributed by atoms with E-state index in [2.05, 4.69) is 4.98 Å². The van der Waals surface area contributed by atoms with Crippen LogP contribution in [0.25, 0.3) is 0 Å². The molecule has 1 heterocycles. The minimum absolute atomic E-state index is 0.00886. The highest BCUT2D eigenvalue weighted by molar-refractivity contribution is 6.32. The van der Waals surface area contributed by atoms with Crippen LogP contribution in [-0.4, -0.2) is 16.1 Å². The highest BCUT2D eigenvalue weighted by Gasteiger charge is 2.07. The minimum Gasteiger partial charge on any atom is -0.489 e. The predicted octanol–water partition coefficient (Wildman–Crippen LogP) is 3.63. The lowest BCUT2D eigenvalue weighted by Gasteiger charge is -2.10. The first-order valence-corrected chi connectivity index (χ1v) is 6.43. The molecule has 2 rings (SSSR count). The molecule has 0 fully saturated rings. The Bertz CT molecular complexity index is 632. The zero-order chi connectivity index (χ0) is 14.7. The fourth-order valence-electron chi connectivity index (χ4n) is 1.84. The fourth-order valence-corrected chi connectivity index (χ4v) is 1.95. The topological polar surface area (TPSA) is 59.4 Å². The third-order valence-corrected chi connectivity index (χ3v) is 3.46. The van der Waals surface area contributed by atoms with E-state index in [1.807, 2.05) is 26.0 Å². The van der Waals surface area contributed by atoms with Gasteiger partial charge in [-0.2, -0.15) is 0 Å². The van der Waals surface area contributed by atoms with Crippen LogP contribution in [-0.2, 0) is 6.61 Å². The molecule has 0 amide bonds. The van der Waals surface area contributed by atoms with E-state index in [9.17, 15) is 4.79 Å². The van der Waals surface area contributed by atoms with Crippen molar-refractivity contribution in [1.82, 2.24) is 4.98 Å². The van der Waals surface area contributed by atoms with Crippen molar-refractivity contribution in [1.29, 1.82) is 0 Å². The summed E-state index contributed by atoms with van der Waals surface area (Å²) in [5, 5.41) is 9.61. The molecule has 0 atom stereocenters. The number of aryl methyl sites for hydroxylation is 2. The Balaban J connectivity index is 2.13. The second-order valence-electron chi connectivity index (χ2n) is 4.51.